The Morgan fingerprint density at radius 1 is 1.29 bits per heavy atom. The fourth-order valence-electron chi connectivity index (χ4n) is 2.34. The van der Waals surface area contributed by atoms with Gasteiger partial charge in [-0.1, -0.05) is 23.2 Å². The van der Waals surface area contributed by atoms with Crippen molar-refractivity contribution in [2.75, 3.05) is 0 Å². The maximum atomic E-state index is 6.12. The zero-order valence-electron chi connectivity index (χ0n) is 11.4. The van der Waals surface area contributed by atoms with E-state index in [1.54, 1.807) is 18.3 Å². The highest BCUT2D eigenvalue weighted by molar-refractivity contribution is 6.42. The molecule has 110 valence electrons. The van der Waals surface area contributed by atoms with Crippen LogP contribution in [0, 0.1) is 6.92 Å². The Hall–Kier alpha value is -1.23. The van der Waals surface area contributed by atoms with Crippen molar-refractivity contribution >= 4 is 45.8 Å². The first-order valence-electron chi connectivity index (χ1n) is 6.35. The van der Waals surface area contributed by atoms with E-state index in [1.165, 1.54) is 0 Å². The Balaban J connectivity index is 2.22. The lowest BCUT2D eigenvalue weighted by Gasteiger charge is -2.14. The van der Waals surface area contributed by atoms with Crippen molar-refractivity contribution in [3.05, 3.63) is 45.9 Å². The Bertz CT molecular complexity index is 809. The first kappa shape index (κ1) is 14.7. The number of benzene rings is 1. The Morgan fingerprint density at radius 2 is 2.00 bits per heavy atom. The maximum Gasteiger partial charge on any atom is 0.217 e. The van der Waals surface area contributed by atoms with Crippen LogP contribution in [0.5, 0.6) is 0 Å². The molecule has 0 radical (unpaired) electrons. The van der Waals surface area contributed by atoms with Gasteiger partial charge in [0.05, 0.1) is 33.2 Å². The minimum atomic E-state index is -0.144. The summed E-state index contributed by atoms with van der Waals surface area (Å²) in [6.45, 7) is 3.83. The Kier molecular flexibility index (Phi) is 3.86. The quantitative estimate of drug-likeness (QED) is 0.629. The normalized spacial score (nSPS) is 13.0. The molecule has 21 heavy (non-hydrogen) atoms. The molecule has 0 aliphatic heterocycles. The van der Waals surface area contributed by atoms with Gasteiger partial charge in [-0.25, -0.2) is 9.97 Å². The van der Waals surface area contributed by atoms with Crippen LogP contribution in [-0.4, -0.2) is 14.5 Å². The number of nitrogens with zero attached hydrogens (tertiary/aromatic N) is 3. The van der Waals surface area contributed by atoms with Crippen LogP contribution in [0.3, 0.4) is 0 Å². The first-order valence-corrected chi connectivity index (χ1v) is 7.64. The second kappa shape index (κ2) is 5.52. The SMILES string of the molecule is Cc1cnc(C(C)n2c(CCl)nc3cc(Cl)c(Cl)cc32)o1. The van der Waals surface area contributed by atoms with Crippen LogP contribution < -0.4 is 0 Å². The molecular weight excluding hydrogens is 333 g/mol. The van der Waals surface area contributed by atoms with E-state index in [-0.39, 0.29) is 11.9 Å². The summed E-state index contributed by atoms with van der Waals surface area (Å²) in [5.74, 6) is 2.35. The van der Waals surface area contributed by atoms with Crippen molar-refractivity contribution < 1.29 is 4.42 Å². The predicted octanol–water partition coefficient (Wildman–Crippen LogP) is 4.99. The topological polar surface area (TPSA) is 43.9 Å². The molecule has 1 atom stereocenters. The van der Waals surface area contributed by atoms with Crippen LogP contribution in [-0.2, 0) is 5.88 Å². The minimum absolute atomic E-state index is 0.144. The van der Waals surface area contributed by atoms with Gasteiger partial charge < -0.3 is 8.98 Å². The molecule has 3 rings (SSSR count). The van der Waals surface area contributed by atoms with Gasteiger partial charge in [0.2, 0.25) is 5.89 Å². The largest absolute Gasteiger partial charge is 0.444 e. The average molecular weight is 345 g/mol. The third-order valence-corrected chi connectivity index (χ3v) is 4.27. The smallest absolute Gasteiger partial charge is 0.217 e. The van der Waals surface area contributed by atoms with Gasteiger partial charge in [-0.15, -0.1) is 11.6 Å². The lowest BCUT2D eigenvalue weighted by Crippen LogP contribution is -2.10. The maximum absolute atomic E-state index is 6.12. The summed E-state index contributed by atoms with van der Waals surface area (Å²) in [5.41, 5.74) is 1.60. The zero-order valence-corrected chi connectivity index (χ0v) is 13.7. The van der Waals surface area contributed by atoms with Crippen LogP contribution >= 0.6 is 34.8 Å². The molecule has 0 N–H and O–H groups in total. The number of imidazole rings is 1. The summed E-state index contributed by atoms with van der Waals surface area (Å²) >= 11 is 18.2. The van der Waals surface area contributed by atoms with E-state index in [9.17, 15) is 0 Å². The minimum Gasteiger partial charge on any atom is -0.444 e. The molecular formula is C14H12Cl3N3O. The lowest BCUT2D eigenvalue weighted by atomic mass is 10.2. The molecule has 2 aromatic heterocycles. The van der Waals surface area contributed by atoms with E-state index in [1.807, 2.05) is 18.4 Å². The van der Waals surface area contributed by atoms with Gasteiger partial charge in [-0.3, -0.25) is 0 Å². The molecule has 0 spiro atoms. The summed E-state index contributed by atoms with van der Waals surface area (Å²) in [6, 6.07) is 3.38. The number of alkyl halides is 1. The van der Waals surface area contributed by atoms with E-state index in [4.69, 9.17) is 39.2 Å². The average Bonchev–Trinajstić information content (AvgIpc) is 3.02. The molecule has 4 nitrogen and oxygen atoms in total. The molecule has 0 bridgehead atoms. The summed E-state index contributed by atoms with van der Waals surface area (Å²) < 4.78 is 7.58. The third kappa shape index (κ3) is 2.52. The predicted molar refractivity (Wildman–Crippen MR) is 84.4 cm³/mol. The molecule has 0 fully saturated rings. The summed E-state index contributed by atoms with van der Waals surface area (Å²) in [5, 5.41) is 0.941. The molecule has 0 saturated carbocycles. The van der Waals surface area contributed by atoms with Crippen molar-refractivity contribution in [3.63, 3.8) is 0 Å². The van der Waals surface area contributed by atoms with Gasteiger partial charge in [-0.05, 0) is 26.0 Å². The number of aryl methyl sites for hydroxylation is 1. The molecule has 0 aliphatic carbocycles. The van der Waals surface area contributed by atoms with Crippen LogP contribution in [0.2, 0.25) is 10.0 Å². The monoisotopic (exact) mass is 343 g/mol. The van der Waals surface area contributed by atoms with Gasteiger partial charge in [0.1, 0.15) is 17.6 Å². The third-order valence-electron chi connectivity index (χ3n) is 3.31. The number of hydrogen-bond donors (Lipinski definition) is 0. The van der Waals surface area contributed by atoms with E-state index in [0.29, 0.717) is 21.8 Å². The molecule has 0 aliphatic rings. The van der Waals surface area contributed by atoms with E-state index in [0.717, 1.165) is 16.8 Å². The van der Waals surface area contributed by atoms with Crippen LogP contribution in [0.4, 0.5) is 0 Å². The number of oxazole rings is 1. The van der Waals surface area contributed by atoms with Gasteiger partial charge in [0, 0.05) is 0 Å². The summed E-state index contributed by atoms with van der Waals surface area (Å²) in [4.78, 5) is 8.78. The van der Waals surface area contributed by atoms with Crippen LogP contribution in [0.1, 0.15) is 30.4 Å². The number of fused-ring (bicyclic) bond motifs is 1. The summed E-state index contributed by atoms with van der Waals surface area (Å²) in [6.07, 6.45) is 1.69. The second-order valence-electron chi connectivity index (χ2n) is 4.77. The highest BCUT2D eigenvalue weighted by Gasteiger charge is 2.21. The Morgan fingerprint density at radius 3 is 2.62 bits per heavy atom. The van der Waals surface area contributed by atoms with Gasteiger partial charge >= 0.3 is 0 Å². The van der Waals surface area contributed by atoms with Gasteiger partial charge in [0.15, 0.2) is 0 Å². The number of rotatable bonds is 3. The molecule has 7 heteroatoms. The number of halogens is 3. The van der Waals surface area contributed by atoms with E-state index < -0.39 is 0 Å². The van der Waals surface area contributed by atoms with Crippen molar-refractivity contribution in [2.45, 2.75) is 25.8 Å². The Labute approximate surface area is 136 Å². The fraction of sp³-hybridized carbons (Fsp3) is 0.286. The van der Waals surface area contributed by atoms with E-state index >= 15 is 0 Å². The fourth-order valence-corrected chi connectivity index (χ4v) is 2.85. The molecule has 0 saturated heterocycles. The molecule has 2 heterocycles. The van der Waals surface area contributed by atoms with E-state index in [2.05, 4.69) is 9.97 Å². The van der Waals surface area contributed by atoms with Crippen molar-refractivity contribution in [1.82, 2.24) is 14.5 Å². The standard InChI is InChI=1S/C14H12Cl3N3O/c1-7-6-18-14(21-7)8(2)20-12-4-10(17)9(16)3-11(12)19-13(20)5-15/h3-4,6,8H,5H2,1-2H3. The molecule has 3 aromatic rings. The lowest BCUT2D eigenvalue weighted by molar-refractivity contribution is 0.415. The highest BCUT2D eigenvalue weighted by Crippen LogP contribution is 2.32. The first-order chi connectivity index (χ1) is 10.0. The van der Waals surface area contributed by atoms with Crippen molar-refractivity contribution in [1.29, 1.82) is 0 Å². The van der Waals surface area contributed by atoms with Gasteiger partial charge in [-0.2, -0.15) is 0 Å². The number of aromatic nitrogens is 3. The van der Waals surface area contributed by atoms with Crippen LogP contribution in [0.25, 0.3) is 11.0 Å². The molecule has 0 amide bonds. The zero-order chi connectivity index (χ0) is 15.1. The van der Waals surface area contributed by atoms with Crippen molar-refractivity contribution in [2.24, 2.45) is 0 Å². The second-order valence-corrected chi connectivity index (χ2v) is 5.85. The van der Waals surface area contributed by atoms with Crippen LogP contribution in [0.15, 0.2) is 22.7 Å². The number of hydrogen-bond acceptors (Lipinski definition) is 3. The highest BCUT2D eigenvalue weighted by atomic mass is 35.5. The molecule has 1 unspecified atom stereocenters. The summed E-state index contributed by atoms with van der Waals surface area (Å²) in [7, 11) is 0. The van der Waals surface area contributed by atoms with Crippen molar-refractivity contribution in [3.8, 4) is 0 Å². The molecule has 1 aromatic carbocycles. The van der Waals surface area contributed by atoms with Gasteiger partial charge in [0.25, 0.3) is 0 Å².